The molecule has 0 fully saturated rings. The van der Waals surface area contributed by atoms with E-state index in [0.29, 0.717) is 17.4 Å². The molecule has 0 spiro atoms. The third kappa shape index (κ3) is 3.26. The Morgan fingerprint density at radius 1 is 0.920 bits per heavy atom. The third-order valence-electron chi connectivity index (χ3n) is 4.37. The Bertz CT molecular complexity index is 882. The molecule has 0 N–H and O–H groups in total. The maximum Gasteiger partial charge on any atom is 0.224 e. The highest BCUT2D eigenvalue weighted by molar-refractivity contribution is 5.47. The molecule has 5 heteroatoms. The molecule has 0 radical (unpaired) electrons. The lowest BCUT2D eigenvalue weighted by Gasteiger charge is -2.29. The van der Waals surface area contributed by atoms with E-state index >= 15 is 0 Å². The number of methoxy groups -OCH3 is 1. The molecule has 0 unspecified atom stereocenters. The van der Waals surface area contributed by atoms with Gasteiger partial charge in [-0.2, -0.15) is 0 Å². The van der Waals surface area contributed by atoms with Crippen molar-refractivity contribution in [3.05, 3.63) is 72.1 Å². The summed E-state index contributed by atoms with van der Waals surface area (Å²) >= 11 is 0. The summed E-state index contributed by atoms with van der Waals surface area (Å²) in [5.74, 6) is 2.69. The quantitative estimate of drug-likeness (QED) is 0.726. The Morgan fingerprint density at radius 3 is 2.52 bits per heavy atom. The molecular formula is C20H19N3O2. The molecule has 0 amide bonds. The van der Waals surface area contributed by atoms with Crippen LogP contribution in [0.3, 0.4) is 0 Å². The summed E-state index contributed by atoms with van der Waals surface area (Å²) in [6, 6.07) is 18.0. The molecule has 5 nitrogen and oxygen atoms in total. The van der Waals surface area contributed by atoms with Gasteiger partial charge in [0.05, 0.1) is 7.11 Å². The molecule has 25 heavy (non-hydrogen) atoms. The number of anilines is 1. The highest BCUT2D eigenvalue weighted by Gasteiger charge is 2.18. The summed E-state index contributed by atoms with van der Waals surface area (Å²) in [4.78, 5) is 10.9. The number of benzene rings is 2. The predicted molar refractivity (Wildman–Crippen MR) is 96.3 cm³/mol. The van der Waals surface area contributed by atoms with Gasteiger partial charge in [0.2, 0.25) is 5.88 Å². The SMILES string of the molecule is COc1ccccc1Oc1cc(N2CCc3ccccc3C2)ncn1. The maximum atomic E-state index is 5.90. The van der Waals surface area contributed by atoms with Crippen molar-refractivity contribution in [3.8, 4) is 17.4 Å². The lowest BCUT2D eigenvalue weighted by atomic mass is 10.00. The molecule has 126 valence electrons. The van der Waals surface area contributed by atoms with E-state index < -0.39 is 0 Å². The van der Waals surface area contributed by atoms with Gasteiger partial charge in [-0.25, -0.2) is 9.97 Å². The molecule has 1 aromatic heterocycles. The van der Waals surface area contributed by atoms with E-state index in [-0.39, 0.29) is 0 Å². The van der Waals surface area contributed by atoms with E-state index in [2.05, 4.69) is 39.1 Å². The first-order chi connectivity index (χ1) is 12.3. The van der Waals surface area contributed by atoms with Crippen molar-refractivity contribution in [1.29, 1.82) is 0 Å². The Morgan fingerprint density at radius 2 is 1.68 bits per heavy atom. The molecule has 3 aromatic rings. The molecular weight excluding hydrogens is 314 g/mol. The van der Waals surface area contributed by atoms with Crippen molar-refractivity contribution in [2.75, 3.05) is 18.6 Å². The topological polar surface area (TPSA) is 47.5 Å². The van der Waals surface area contributed by atoms with Gasteiger partial charge in [-0.3, -0.25) is 0 Å². The van der Waals surface area contributed by atoms with Crippen molar-refractivity contribution in [1.82, 2.24) is 9.97 Å². The van der Waals surface area contributed by atoms with Gasteiger partial charge < -0.3 is 14.4 Å². The molecule has 0 saturated carbocycles. The first kappa shape index (κ1) is 15.4. The van der Waals surface area contributed by atoms with Crippen molar-refractivity contribution < 1.29 is 9.47 Å². The van der Waals surface area contributed by atoms with Gasteiger partial charge >= 0.3 is 0 Å². The first-order valence-corrected chi connectivity index (χ1v) is 8.28. The van der Waals surface area contributed by atoms with Gasteiger partial charge in [0.25, 0.3) is 0 Å². The van der Waals surface area contributed by atoms with E-state index in [0.717, 1.165) is 25.3 Å². The van der Waals surface area contributed by atoms with Gasteiger partial charge in [-0.05, 0) is 29.7 Å². The zero-order chi connectivity index (χ0) is 17.1. The van der Waals surface area contributed by atoms with Crippen LogP contribution in [0.5, 0.6) is 17.4 Å². The monoisotopic (exact) mass is 333 g/mol. The van der Waals surface area contributed by atoms with E-state index in [9.17, 15) is 0 Å². The highest BCUT2D eigenvalue weighted by Crippen LogP contribution is 2.31. The Kier molecular flexibility index (Phi) is 4.21. The lowest BCUT2D eigenvalue weighted by Crippen LogP contribution is -2.30. The van der Waals surface area contributed by atoms with Crippen LogP contribution < -0.4 is 14.4 Å². The fourth-order valence-electron chi connectivity index (χ4n) is 3.07. The minimum Gasteiger partial charge on any atom is -0.493 e. The van der Waals surface area contributed by atoms with Crippen LogP contribution in [0.15, 0.2) is 60.9 Å². The second-order valence-corrected chi connectivity index (χ2v) is 5.91. The van der Waals surface area contributed by atoms with Gasteiger partial charge in [0.1, 0.15) is 12.1 Å². The molecule has 1 aliphatic rings. The molecule has 0 saturated heterocycles. The summed E-state index contributed by atoms with van der Waals surface area (Å²) in [5, 5.41) is 0. The summed E-state index contributed by atoms with van der Waals surface area (Å²) in [6.45, 7) is 1.78. The minimum absolute atomic E-state index is 0.508. The Hall–Kier alpha value is -3.08. The van der Waals surface area contributed by atoms with Crippen molar-refractivity contribution >= 4 is 5.82 Å². The number of ether oxygens (including phenoxy) is 2. The van der Waals surface area contributed by atoms with Crippen LogP contribution in [0.4, 0.5) is 5.82 Å². The number of hydrogen-bond acceptors (Lipinski definition) is 5. The van der Waals surface area contributed by atoms with Crippen molar-refractivity contribution in [3.63, 3.8) is 0 Å². The van der Waals surface area contributed by atoms with E-state index in [1.807, 2.05) is 30.3 Å². The highest BCUT2D eigenvalue weighted by atomic mass is 16.5. The van der Waals surface area contributed by atoms with Crippen LogP contribution in [0.25, 0.3) is 0 Å². The van der Waals surface area contributed by atoms with Crippen LogP contribution >= 0.6 is 0 Å². The van der Waals surface area contributed by atoms with E-state index in [1.54, 1.807) is 13.4 Å². The molecule has 4 rings (SSSR count). The fourth-order valence-corrected chi connectivity index (χ4v) is 3.07. The average Bonchev–Trinajstić information content (AvgIpc) is 2.68. The molecule has 0 aliphatic carbocycles. The number of fused-ring (bicyclic) bond motifs is 1. The summed E-state index contributed by atoms with van der Waals surface area (Å²) < 4.78 is 11.2. The second kappa shape index (κ2) is 6.81. The van der Waals surface area contributed by atoms with Crippen molar-refractivity contribution in [2.45, 2.75) is 13.0 Å². The number of nitrogens with zero attached hydrogens (tertiary/aromatic N) is 3. The average molecular weight is 333 g/mol. The van der Waals surface area contributed by atoms with E-state index in [1.165, 1.54) is 11.1 Å². The number of hydrogen-bond donors (Lipinski definition) is 0. The van der Waals surface area contributed by atoms with Gasteiger partial charge in [-0.15, -0.1) is 0 Å². The smallest absolute Gasteiger partial charge is 0.224 e. The molecule has 0 bridgehead atoms. The Balaban J connectivity index is 1.56. The number of aromatic nitrogens is 2. The normalized spacial score (nSPS) is 13.2. The Labute approximate surface area is 146 Å². The van der Waals surface area contributed by atoms with Gasteiger partial charge in [0, 0.05) is 19.2 Å². The van der Waals surface area contributed by atoms with Crippen molar-refractivity contribution in [2.24, 2.45) is 0 Å². The zero-order valence-electron chi connectivity index (χ0n) is 14.1. The number of rotatable bonds is 4. The summed E-state index contributed by atoms with van der Waals surface area (Å²) in [5.41, 5.74) is 2.76. The molecule has 0 atom stereocenters. The van der Waals surface area contributed by atoms with E-state index in [4.69, 9.17) is 9.47 Å². The largest absolute Gasteiger partial charge is 0.493 e. The maximum absolute atomic E-state index is 5.90. The molecule has 2 aromatic carbocycles. The van der Waals surface area contributed by atoms with Gasteiger partial charge in [-0.1, -0.05) is 36.4 Å². The van der Waals surface area contributed by atoms with Crippen LogP contribution in [-0.4, -0.2) is 23.6 Å². The van der Waals surface area contributed by atoms with Gasteiger partial charge in [0.15, 0.2) is 11.5 Å². The molecule has 2 heterocycles. The number of para-hydroxylation sites is 2. The van der Waals surface area contributed by atoms with Crippen LogP contribution in [-0.2, 0) is 13.0 Å². The lowest BCUT2D eigenvalue weighted by molar-refractivity contribution is 0.374. The van der Waals surface area contributed by atoms with Crippen LogP contribution in [0.1, 0.15) is 11.1 Å². The summed E-state index contributed by atoms with van der Waals surface area (Å²) in [6.07, 6.45) is 2.56. The third-order valence-corrected chi connectivity index (χ3v) is 4.37. The summed E-state index contributed by atoms with van der Waals surface area (Å²) in [7, 11) is 1.62. The molecule has 1 aliphatic heterocycles. The minimum atomic E-state index is 0.508. The zero-order valence-corrected chi connectivity index (χ0v) is 14.1. The standard InChI is InChI=1S/C20H19N3O2/c1-24-17-8-4-5-9-18(17)25-20-12-19(21-14-22-20)23-11-10-15-6-2-3-7-16(15)13-23/h2-9,12,14H,10-11,13H2,1H3. The fraction of sp³-hybridized carbons (Fsp3) is 0.200. The second-order valence-electron chi connectivity index (χ2n) is 5.91. The van der Waals surface area contributed by atoms with Crippen LogP contribution in [0.2, 0.25) is 0 Å². The predicted octanol–water partition coefficient (Wildman–Crippen LogP) is 3.84. The first-order valence-electron chi connectivity index (χ1n) is 8.28. The van der Waals surface area contributed by atoms with Crippen LogP contribution in [0, 0.1) is 0 Å².